The van der Waals surface area contributed by atoms with Gasteiger partial charge in [0.05, 0.1) is 153 Å². The number of esters is 1. The van der Waals surface area contributed by atoms with E-state index in [0.29, 0.717) is 201 Å². The predicted molar refractivity (Wildman–Crippen MR) is 326 cm³/mol. The molecule has 1 aliphatic carbocycles. The minimum Gasteiger partial charge on any atom is -0.491 e. The number of hydrogen-bond donors (Lipinski definition) is 3. The van der Waals surface area contributed by atoms with E-state index in [-0.39, 0.29) is 30.7 Å². The van der Waals surface area contributed by atoms with Crippen molar-refractivity contribution in [1.29, 1.82) is 0 Å². The second-order valence-corrected chi connectivity index (χ2v) is 22.9. The molecule has 3 N–H and O–H groups in total. The molecule has 0 saturated carbocycles. The molecule has 2 aliphatic heterocycles. The molecule has 486 valence electrons. The Morgan fingerprint density at radius 2 is 1.26 bits per heavy atom. The third-order valence-electron chi connectivity index (χ3n) is 15.8. The van der Waals surface area contributed by atoms with Crippen molar-refractivity contribution in [3.8, 4) is 17.1 Å². The van der Waals surface area contributed by atoms with E-state index in [9.17, 15) is 24.3 Å². The number of cyclic esters (lactones) is 1. The quantitative estimate of drug-likeness (QED) is 0.0117. The largest absolute Gasteiger partial charge is 0.491 e. The number of nitrogens with zero attached hydrogens (tertiary/aromatic N) is 3. The number of aliphatic hydroxyl groups is 1. The highest BCUT2D eigenvalue weighted by atomic mass is 19.1. The number of rotatable bonds is 43. The molecule has 4 heterocycles. The molecule has 2 aromatic carbocycles. The van der Waals surface area contributed by atoms with E-state index in [1.165, 1.54) is 24.5 Å². The monoisotopic (exact) mass is 1230 g/mol. The summed E-state index contributed by atoms with van der Waals surface area (Å²) in [5.74, 6) is -1.18. The van der Waals surface area contributed by atoms with Crippen LogP contribution in [-0.4, -0.2) is 177 Å². The lowest BCUT2D eigenvalue weighted by Crippen LogP contribution is -2.48. The summed E-state index contributed by atoms with van der Waals surface area (Å²) in [4.78, 5) is 59.7. The number of hydrogen-bond acceptors (Lipinski definition) is 19. The first-order valence-electron chi connectivity index (χ1n) is 31.0. The molecule has 22 nitrogen and oxygen atoms in total. The zero-order valence-corrected chi connectivity index (χ0v) is 52.5. The first-order chi connectivity index (χ1) is 42.6. The van der Waals surface area contributed by atoms with Gasteiger partial charge in [0, 0.05) is 42.4 Å². The van der Waals surface area contributed by atoms with Gasteiger partial charge in [-0.2, -0.15) is 5.10 Å². The summed E-state index contributed by atoms with van der Waals surface area (Å²) in [5, 5.41) is 19.5. The Bertz CT molecular complexity index is 2990. The molecule has 4 aromatic rings. The van der Waals surface area contributed by atoms with Gasteiger partial charge in [-0.05, 0) is 131 Å². The number of ether oxygens (including phenoxy) is 12. The molecular weight excluding hydrogens is 1140 g/mol. The van der Waals surface area contributed by atoms with E-state index in [2.05, 4.69) is 29.7 Å². The minimum atomic E-state index is -2.03. The Morgan fingerprint density at radius 1 is 0.739 bits per heavy atom. The van der Waals surface area contributed by atoms with E-state index in [4.69, 9.17) is 61.8 Å². The van der Waals surface area contributed by atoms with Gasteiger partial charge in [-0.15, -0.1) is 0 Å². The number of fused-ring (bicyclic) bond motifs is 5. The Balaban J connectivity index is 0.695. The third-order valence-corrected chi connectivity index (χ3v) is 15.8. The van der Waals surface area contributed by atoms with Crippen LogP contribution in [0.1, 0.15) is 125 Å². The van der Waals surface area contributed by atoms with Crippen LogP contribution < -0.4 is 21.0 Å². The van der Waals surface area contributed by atoms with E-state index in [1.54, 1.807) is 26.8 Å². The van der Waals surface area contributed by atoms with Gasteiger partial charge < -0.3 is 71.8 Å². The molecule has 2 amide bonds. The fraction of sp³-hybridized carbons (Fsp3) is 0.631. The summed E-state index contributed by atoms with van der Waals surface area (Å²) in [7, 11) is 0. The molecule has 0 radical (unpaired) electrons. The van der Waals surface area contributed by atoms with Crippen molar-refractivity contribution >= 4 is 34.4 Å². The van der Waals surface area contributed by atoms with Crippen LogP contribution in [0.5, 0.6) is 5.75 Å². The van der Waals surface area contributed by atoms with Gasteiger partial charge in [-0.25, -0.2) is 19.6 Å². The third kappa shape index (κ3) is 19.3. The highest BCUT2D eigenvalue weighted by Gasteiger charge is 2.46. The van der Waals surface area contributed by atoms with E-state index in [0.717, 1.165) is 43.4 Å². The van der Waals surface area contributed by atoms with Gasteiger partial charge in [0.25, 0.3) is 11.5 Å². The number of amides is 2. The first-order valence-corrected chi connectivity index (χ1v) is 31.0. The number of pyridine rings is 2. The molecule has 88 heavy (non-hydrogen) atoms. The highest BCUT2D eigenvalue weighted by Crippen LogP contribution is 2.46. The summed E-state index contributed by atoms with van der Waals surface area (Å²) in [6.07, 6.45) is 4.66. The summed E-state index contributed by atoms with van der Waals surface area (Å²) in [6.45, 7) is 23.4. The van der Waals surface area contributed by atoms with Crippen LogP contribution in [-0.2, 0) is 91.7 Å². The Hall–Kier alpha value is -5.83. The van der Waals surface area contributed by atoms with Crippen LogP contribution in [0.4, 0.5) is 4.39 Å². The van der Waals surface area contributed by atoms with Crippen LogP contribution in [0.2, 0.25) is 0 Å². The van der Waals surface area contributed by atoms with Gasteiger partial charge in [-0.1, -0.05) is 20.8 Å². The Labute approximate surface area is 515 Å². The van der Waals surface area contributed by atoms with Crippen molar-refractivity contribution < 1.29 is 80.7 Å². The van der Waals surface area contributed by atoms with Crippen LogP contribution in [0.15, 0.2) is 46.3 Å². The number of carbonyl (C=O) groups is 3. The van der Waals surface area contributed by atoms with Crippen molar-refractivity contribution in [1.82, 2.24) is 20.3 Å². The topological polar surface area (TPSA) is 254 Å². The normalized spacial score (nSPS) is 16.2. The maximum atomic E-state index is 15.5. The second-order valence-electron chi connectivity index (χ2n) is 22.9. The van der Waals surface area contributed by atoms with Gasteiger partial charge in [0.2, 0.25) is 5.91 Å². The molecular formula is C65H92FN5O17. The zero-order chi connectivity index (χ0) is 62.9. The standard InChI is InChI=1S/C65H92FN5O17/c1-8-65(76)52-40-56-59-50(42-71(56)60(72)51(52)43-88-63(65)75)58-54(17-16-49-45(4)53(66)41-55(67-59)57(49)58)68-61(73)64(6,7)62(74)70-69-46(5)47-12-14-48(15-13-47)87-39-38-78-20-11-9-10-19-77-22-24-80-26-28-82-30-32-84-34-36-86-37-35-85-33-31-83-29-27-81-25-23-79-21-18-44(2)3/h12-15,40-41,44,54,76H,8-11,16-39,42-43H2,1-7H3,(H,68,73)(H,70,74)/b69-46-/t54-,65-/m1/s1. The van der Waals surface area contributed by atoms with E-state index >= 15 is 4.39 Å². The number of aromatic nitrogens is 2. The van der Waals surface area contributed by atoms with Crippen LogP contribution in [0.3, 0.4) is 0 Å². The van der Waals surface area contributed by atoms with Crippen LogP contribution in [0.25, 0.3) is 22.3 Å². The summed E-state index contributed by atoms with van der Waals surface area (Å²) in [5.41, 5.74) is 3.69. The Kier molecular flexibility index (Phi) is 28.1. The molecule has 0 saturated heterocycles. The van der Waals surface area contributed by atoms with E-state index in [1.807, 2.05) is 24.3 Å². The first kappa shape index (κ1) is 69.6. The summed E-state index contributed by atoms with van der Waals surface area (Å²) >= 11 is 0. The second kappa shape index (κ2) is 35.5. The molecule has 0 bridgehead atoms. The lowest BCUT2D eigenvalue weighted by Gasteiger charge is -2.32. The van der Waals surface area contributed by atoms with Gasteiger partial charge in [0.1, 0.15) is 30.2 Å². The number of benzene rings is 2. The van der Waals surface area contributed by atoms with Crippen molar-refractivity contribution in [2.45, 2.75) is 118 Å². The van der Waals surface area contributed by atoms with Crippen molar-refractivity contribution in [2.75, 3.05) is 139 Å². The lowest BCUT2D eigenvalue weighted by molar-refractivity contribution is -0.172. The molecule has 0 fully saturated rings. The zero-order valence-electron chi connectivity index (χ0n) is 52.5. The minimum absolute atomic E-state index is 0.0253. The van der Waals surface area contributed by atoms with Gasteiger partial charge in [-0.3, -0.25) is 14.4 Å². The molecule has 2 aromatic heterocycles. The summed E-state index contributed by atoms with van der Waals surface area (Å²) in [6, 6.07) is 9.58. The lowest BCUT2D eigenvalue weighted by atomic mass is 9.81. The Morgan fingerprint density at radius 3 is 1.80 bits per heavy atom. The van der Waals surface area contributed by atoms with Gasteiger partial charge >= 0.3 is 5.97 Å². The number of carbonyl (C=O) groups excluding carboxylic acids is 3. The number of aryl methyl sites for hydroxylation is 1. The molecule has 7 rings (SSSR count). The number of unbranched alkanes of at least 4 members (excludes halogenated alkanes) is 2. The molecule has 23 heteroatoms. The maximum absolute atomic E-state index is 15.5. The van der Waals surface area contributed by atoms with Crippen LogP contribution in [0, 0.1) is 24.1 Å². The SMILES string of the molecule is CC[C@]1(O)C(=O)OCc2c1cc1n(c2=O)Cc2c-1nc1cc(F)c(C)c3c1c2[C@H](NC(=O)C(C)(C)C(=O)N/N=C(/C)c1ccc(OCCOCCCCCOCCOCCOCCOCCOCCOCCOCCOCCOCCC(C)C)cc1)CC3. The number of halogens is 1. The average Bonchev–Trinajstić information content (AvgIpc) is 1.48. The fourth-order valence-electron chi connectivity index (χ4n) is 10.4. The van der Waals surface area contributed by atoms with Crippen LogP contribution >= 0.6 is 0 Å². The van der Waals surface area contributed by atoms with Crippen molar-refractivity contribution in [3.63, 3.8) is 0 Å². The number of hydrazone groups is 1. The number of nitrogens with one attached hydrogen (secondary N) is 2. The maximum Gasteiger partial charge on any atom is 0.343 e. The smallest absolute Gasteiger partial charge is 0.343 e. The molecule has 0 unspecified atom stereocenters. The van der Waals surface area contributed by atoms with Crippen molar-refractivity contribution in [3.05, 3.63) is 91.5 Å². The fourth-order valence-corrected chi connectivity index (χ4v) is 10.4. The van der Waals surface area contributed by atoms with Crippen molar-refractivity contribution in [2.24, 2.45) is 16.4 Å². The molecule has 2 atom stereocenters. The van der Waals surface area contributed by atoms with E-state index < -0.39 is 46.2 Å². The average molecular weight is 1230 g/mol. The molecule has 0 spiro atoms. The predicted octanol–water partition coefficient (Wildman–Crippen LogP) is 6.96. The summed E-state index contributed by atoms with van der Waals surface area (Å²) < 4.78 is 83.8. The molecule has 3 aliphatic rings. The highest BCUT2D eigenvalue weighted by molar-refractivity contribution is 6.06. The van der Waals surface area contributed by atoms with Gasteiger partial charge in [0.15, 0.2) is 5.60 Å².